The van der Waals surface area contributed by atoms with Crippen molar-refractivity contribution in [1.29, 1.82) is 0 Å². The number of rotatable bonds is 3. The first-order chi connectivity index (χ1) is 9.77. The van der Waals surface area contributed by atoms with Gasteiger partial charge in [0.05, 0.1) is 18.1 Å². The Kier molecular flexibility index (Phi) is 5.09. The van der Waals surface area contributed by atoms with E-state index in [9.17, 15) is 18.3 Å². The lowest BCUT2D eigenvalue weighted by atomic mass is 10.2. The van der Waals surface area contributed by atoms with Crippen LogP contribution in [0, 0.1) is 0 Å². The van der Waals surface area contributed by atoms with Crippen LogP contribution >= 0.6 is 31.9 Å². The lowest BCUT2D eigenvalue weighted by molar-refractivity contribution is -0.144. The molecule has 0 bridgehead atoms. The first kappa shape index (κ1) is 16.9. The molecule has 2 unspecified atom stereocenters. The van der Waals surface area contributed by atoms with E-state index in [1.54, 1.807) is 12.1 Å². The number of sulfonamides is 1. The molecule has 9 heteroatoms. The number of aliphatic hydroxyl groups excluding tert-OH is 1. The highest BCUT2D eigenvalue weighted by molar-refractivity contribution is 9.11. The van der Waals surface area contributed by atoms with Crippen LogP contribution in [0.1, 0.15) is 6.42 Å². The van der Waals surface area contributed by atoms with Gasteiger partial charge in [0.25, 0.3) is 0 Å². The van der Waals surface area contributed by atoms with Crippen molar-refractivity contribution >= 4 is 47.9 Å². The maximum atomic E-state index is 12.7. The van der Waals surface area contributed by atoms with E-state index in [0.717, 1.165) is 8.78 Å². The Bertz CT molecular complexity index is 664. The number of methoxy groups -OCH3 is 1. The van der Waals surface area contributed by atoms with E-state index in [1.165, 1.54) is 13.2 Å². The molecule has 0 amide bonds. The Morgan fingerprint density at radius 1 is 1.43 bits per heavy atom. The normalized spacial score (nSPS) is 23.2. The number of halogens is 2. The minimum absolute atomic E-state index is 0.0278. The van der Waals surface area contributed by atoms with Crippen LogP contribution in [0.3, 0.4) is 0 Å². The quantitative estimate of drug-likeness (QED) is 0.717. The molecule has 0 aliphatic carbocycles. The van der Waals surface area contributed by atoms with Gasteiger partial charge in [0.2, 0.25) is 10.0 Å². The van der Waals surface area contributed by atoms with Crippen molar-refractivity contribution in [2.24, 2.45) is 0 Å². The van der Waals surface area contributed by atoms with Gasteiger partial charge in [-0.2, -0.15) is 4.31 Å². The van der Waals surface area contributed by atoms with Gasteiger partial charge in [0.1, 0.15) is 6.04 Å². The summed E-state index contributed by atoms with van der Waals surface area (Å²) in [5.74, 6) is -0.677. The summed E-state index contributed by atoms with van der Waals surface area (Å²) in [6.07, 6.45) is -0.863. The van der Waals surface area contributed by atoms with Crippen LogP contribution in [0.4, 0.5) is 0 Å². The molecule has 116 valence electrons. The van der Waals surface area contributed by atoms with E-state index >= 15 is 0 Å². The van der Waals surface area contributed by atoms with Crippen LogP contribution in [0.15, 0.2) is 32.0 Å². The molecule has 1 fully saturated rings. The van der Waals surface area contributed by atoms with Crippen LogP contribution in [0.2, 0.25) is 0 Å². The first-order valence-electron chi connectivity index (χ1n) is 6.00. The SMILES string of the molecule is COC(=O)C1CC(O)CN1S(=O)(=O)c1ccc(Br)cc1Br. The molecule has 1 aliphatic heterocycles. The van der Waals surface area contributed by atoms with Crippen molar-refractivity contribution < 1.29 is 23.1 Å². The number of nitrogens with zero attached hydrogens (tertiary/aromatic N) is 1. The average molecular weight is 443 g/mol. The standard InChI is InChI=1S/C12H13Br2NO5S/c1-20-12(17)10-5-8(16)6-15(10)21(18,19)11-3-2-7(13)4-9(11)14/h2-4,8,10,16H,5-6H2,1H3. The second kappa shape index (κ2) is 6.33. The number of aliphatic hydroxyl groups is 1. The molecule has 0 aromatic heterocycles. The van der Waals surface area contributed by atoms with Gasteiger partial charge >= 0.3 is 5.97 Å². The maximum absolute atomic E-state index is 12.7. The number of hydrogen-bond acceptors (Lipinski definition) is 5. The summed E-state index contributed by atoms with van der Waals surface area (Å²) < 4.78 is 32.1. The fourth-order valence-electron chi connectivity index (χ4n) is 2.21. The zero-order valence-corrected chi connectivity index (χ0v) is 15.0. The van der Waals surface area contributed by atoms with Gasteiger partial charge in [-0.05, 0) is 34.1 Å². The Labute approximate surface area is 139 Å². The van der Waals surface area contributed by atoms with E-state index in [4.69, 9.17) is 0 Å². The minimum atomic E-state index is -3.92. The van der Waals surface area contributed by atoms with Crippen molar-refractivity contribution in [3.8, 4) is 0 Å². The van der Waals surface area contributed by atoms with Crippen molar-refractivity contribution in [2.45, 2.75) is 23.5 Å². The Hall–Kier alpha value is -0.480. The average Bonchev–Trinajstić information content (AvgIpc) is 2.80. The van der Waals surface area contributed by atoms with Gasteiger partial charge < -0.3 is 9.84 Å². The molecule has 0 saturated carbocycles. The first-order valence-corrected chi connectivity index (χ1v) is 9.02. The molecule has 6 nitrogen and oxygen atoms in total. The predicted octanol–water partition coefficient (Wildman–Crippen LogP) is 1.51. The van der Waals surface area contributed by atoms with E-state index in [2.05, 4.69) is 36.6 Å². The van der Waals surface area contributed by atoms with Crippen molar-refractivity contribution in [3.05, 3.63) is 27.1 Å². The van der Waals surface area contributed by atoms with Crippen LogP contribution in [0.5, 0.6) is 0 Å². The molecule has 1 aliphatic rings. The molecule has 1 aromatic rings. The van der Waals surface area contributed by atoms with Crippen LogP contribution in [-0.4, -0.2) is 49.6 Å². The van der Waals surface area contributed by atoms with Crippen molar-refractivity contribution in [2.75, 3.05) is 13.7 Å². The van der Waals surface area contributed by atoms with Gasteiger partial charge in [-0.3, -0.25) is 4.79 Å². The number of hydrogen-bond donors (Lipinski definition) is 1. The highest BCUT2D eigenvalue weighted by atomic mass is 79.9. The summed E-state index contributed by atoms with van der Waals surface area (Å²) in [6, 6.07) is 3.62. The Morgan fingerprint density at radius 2 is 2.10 bits per heavy atom. The monoisotopic (exact) mass is 441 g/mol. The summed E-state index contributed by atoms with van der Waals surface area (Å²) >= 11 is 6.45. The number of benzene rings is 1. The van der Waals surface area contributed by atoms with Gasteiger partial charge in [0.15, 0.2) is 0 Å². The smallest absolute Gasteiger partial charge is 0.324 e. The molecule has 2 rings (SSSR count). The summed E-state index contributed by atoms with van der Waals surface area (Å²) in [5, 5.41) is 9.70. The molecule has 21 heavy (non-hydrogen) atoms. The zero-order valence-electron chi connectivity index (χ0n) is 11.0. The topological polar surface area (TPSA) is 83.9 Å². The van der Waals surface area contributed by atoms with E-state index in [0.29, 0.717) is 4.47 Å². The van der Waals surface area contributed by atoms with Gasteiger partial charge in [-0.15, -0.1) is 0 Å². The number of β-amino-alcohol motifs (C(OH)–C–C–N with tert-alkyl or cyclic N) is 1. The third-order valence-corrected chi connectivity index (χ3v) is 6.53. The van der Waals surface area contributed by atoms with Crippen molar-refractivity contribution in [3.63, 3.8) is 0 Å². The summed E-state index contributed by atoms with van der Waals surface area (Å²) in [4.78, 5) is 11.8. The van der Waals surface area contributed by atoms with Crippen LogP contribution < -0.4 is 0 Å². The minimum Gasteiger partial charge on any atom is -0.468 e. The number of esters is 1. The summed E-state index contributed by atoms with van der Waals surface area (Å²) in [6.45, 7) is -0.134. The Balaban J connectivity index is 2.44. The van der Waals surface area contributed by atoms with Crippen LogP contribution in [0.25, 0.3) is 0 Å². The molecule has 1 aromatic carbocycles. The number of ether oxygens (including phenoxy) is 1. The lowest BCUT2D eigenvalue weighted by Gasteiger charge is -2.22. The molecular formula is C12H13Br2NO5S. The predicted molar refractivity (Wildman–Crippen MR) is 82.2 cm³/mol. The summed E-state index contributed by atoms with van der Waals surface area (Å²) in [7, 11) is -2.73. The summed E-state index contributed by atoms with van der Waals surface area (Å²) in [5.41, 5.74) is 0. The largest absolute Gasteiger partial charge is 0.468 e. The highest BCUT2D eigenvalue weighted by Crippen LogP contribution is 2.32. The van der Waals surface area contributed by atoms with E-state index < -0.39 is 28.1 Å². The molecule has 2 atom stereocenters. The second-order valence-electron chi connectivity index (χ2n) is 4.58. The van der Waals surface area contributed by atoms with Gasteiger partial charge in [0, 0.05) is 21.9 Å². The number of carbonyl (C=O) groups excluding carboxylic acids is 1. The highest BCUT2D eigenvalue weighted by Gasteiger charge is 2.44. The molecule has 0 radical (unpaired) electrons. The van der Waals surface area contributed by atoms with E-state index in [1.807, 2.05) is 0 Å². The molecule has 1 saturated heterocycles. The maximum Gasteiger partial charge on any atom is 0.324 e. The zero-order chi connectivity index (χ0) is 15.8. The fraction of sp³-hybridized carbons (Fsp3) is 0.417. The number of carbonyl (C=O) groups is 1. The lowest BCUT2D eigenvalue weighted by Crippen LogP contribution is -2.41. The Morgan fingerprint density at radius 3 is 2.67 bits per heavy atom. The second-order valence-corrected chi connectivity index (χ2v) is 8.21. The molecular weight excluding hydrogens is 430 g/mol. The van der Waals surface area contributed by atoms with Gasteiger partial charge in [-0.1, -0.05) is 15.9 Å². The van der Waals surface area contributed by atoms with Crippen molar-refractivity contribution in [1.82, 2.24) is 4.31 Å². The molecule has 1 heterocycles. The van der Waals surface area contributed by atoms with Crippen LogP contribution in [-0.2, 0) is 19.6 Å². The third kappa shape index (κ3) is 3.31. The fourth-order valence-corrected chi connectivity index (χ4v) is 5.55. The van der Waals surface area contributed by atoms with E-state index in [-0.39, 0.29) is 17.9 Å². The van der Waals surface area contributed by atoms with Gasteiger partial charge in [-0.25, -0.2) is 8.42 Å². The molecule has 0 spiro atoms. The third-order valence-electron chi connectivity index (χ3n) is 3.19. The molecule has 1 N–H and O–H groups in total.